The molecule has 19 heavy (non-hydrogen) atoms. The first-order valence-electron chi connectivity index (χ1n) is 5.50. The van der Waals surface area contributed by atoms with Crippen LogP contribution in [0.15, 0.2) is 49.8 Å². The molecule has 0 heterocycles. The highest BCUT2D eigenvalue weighted by molar-refractivity contribution is 9.11. The summed E-state index contributed by atoms with van der Waals surface area (Å²) in [4.78, 5) is 12.3. The number of hydrogen-bond donors (Lipinski definition) is 1. The van der Waals surface area contributed by atoms with Gasteiger partial charge in [-0.1, -0.05) is 37.9 Å². The van der Waals surface area contributed by atoms with E-state index in [9.17, 15) is 4.79 Å². The summed E-state index contributed by atoms with van der Waals surface area (Å²) in [6.07, 6.45) is 0. The first-order valence-corrected chi connectivity index (χ1v) is 7.88. The molecule has 1 amide bonds. The number of hydrogen-bond acceptors (Lipinski definition) is 1. The summed E-state index contributed by atoms with van der Waals surface area (Å²) in [5.74, 6) is -0.127. The summed E-state index contributed by atoms with van der Waals surface area (Å²) >= 11 is 10.2. The predicted octanol–water partition coefficient (Wildman–Crippen LogP) is 5.53. The van der Waals surface area contributed by atoms with Gasteiger partial charge in [-0.2, -0.15) is 0 Å². The third kappa shape index (κ3) is 3.68. The van der Waals surface area contributed by atoms with Crippen molar-refractivity contribution in [1.29, 1.82) is 0 Å². The molecule has 0 fully saturated rings. The molecule has 0 aliphatic carbocycles. The number of rotatable bonds is 2. The normalized spacial score (nSPS) is 10.3. The number of benzene rings is 2. The smallest absolute Gasteiger partial charge is 0.256 e. The fourth-order valence-corrected chi connectivity index (χ4v) is 2.69. The van der Waals surface area contributed by atoms with E-state index >= 15 is 0 Å². The molecule has 2 rings (SSSR count). The molecule has 0 unspecified atom stereocenters. The summed E-state index contributed by atoms with van der Waals surface area (Å²) < 4.78 is 2.64. The molecule has 5 heteroatoms. The SMILES string of the molecule is Cc1ccc(Br)cc1C(=O)Nc1cc(Br)ccc1Br. The lowest BCUT2D eigenvalue weighted by Crippen LogP contribution is -2.13. The standard InChI is InChI=1S/C14H10Br3NO/c1-8-2-3-9(15)6-11(8)14(19)18-13-7-10(16)4-5-12(13)17/h2-7H,1H3,(H,18,19). The van der Waals surface area contributed by atoms with E-state index in [1.165, 1.54) is 0 Å². The van der Waals surface area contributed by atoms with Crippen molar-refractivity contribution in [1.82, 2.24) is 0 Å². The molecule has 0 aliphatic heterocycles. The molecule has 0 saturated heterocycles. The van der Waals surface area contributed by atoms with Crippen LogP contribution in [0.5, 0.6) is 0 Å². The molecule has 0 spiro atoms. The average molecular weight is 448 g/mol. The van der Waals surface area contributed by atoms with Crippen LogP contribution in [0, 0.1) is 6.92 Å². The Morgan fingerprint density at radius 1 is 1.00 bits per heavy atom. The zero-order chi connectivity index (χ0) is 14.0. The zero-order valence-electron chi connectivity index (χ0n) is 10.0. The van der Waals surface area contributed by atoms with Crippen molar-refractivity contribution < 1.29 is 4.79 Å². The van der Waals surface area contributed by atoms with Crippen LogP contribution in [-0.4, -0.2) is 5.91 Å². The number of halogens is 3. The van der Waals surface area contributed by atoms with Crippen LogP contribution in [0.4, 0.5) is 5.69 Å². The molecule has 0 radical (unpaired) electrons. The zero-order valence-corrected chi connectivity index (χ0v) is 14.8. The quantitative estimate of drug-likeness (QED) is 0.643. The lowest BCUT2D eigenvalue weighted by molar-refractivity contribution is 0.102. The van der Waals surface area contributed by atoms with Gasteiger partial charge in [0.1, 0.15) is 0 Å². The molecular formula is C14H10Br3NO. The van der Waals surface area contributed by atoms with Crippen molar-refractivity contribution in [2.75, 3.05) is 5.32 Å². The van der Waals surface area contributed by atoms with Gasteiger partial charge in [0.2, 0.25) is 0 Å². The Kier molecular flexibility index (Phi) is 4.81. The number of amides is 1. The van der Waals surface area contributed by atoms with Crippen LogP contribution >= 0.6 is 47.8 Å². The van der Waals surface area contributed by atoms with Crippen molar-refractivity contribution in [3.8, 4) is 0 Å². The second kappa shape index (κ2) is 6.20. The van der Waals surface area contributed by atoms with Gasteiger partial charge in [0, 0.05) is 19.0 Å². The van der Waals surface area contributed by atoms with Gasteiger partial charge in [-0.25, -0.2) is 0 Å². The highest BCUT2D eigenvalue weighted by Crippen LogP contribution is 2.27. The number of anilines is 1. The average Bonchev–Trinajstić information content (AvgIpc) is 2.36. The fraction of sp³-hybridized carbons (Fsp3) is 0.0714. The molecule has 2 aromatic carbocycles. The lowest BCUT2D eigenvalue weighted by atomic mass is 10.1. The van der Waals surface area contributed by atoms with Gasteiger partial charge in [0.05, 0.1) is 5.69 Å². The summed E-state index contributed by atoms with van der Waals surface area (Å²) in [7, 11) is 0. The minimum absolute atomic E-state index is 0.127. The fourth-order valence-electron chi connectivity index (χ4n) is 1.62. The van der Waals surface area contributed by atoms with Gasteiger partial charge in [-0.3, -0.25) is 4.79 Å². The van der Waals surface area contributed by atoms with E-state index in [1.54, 1.807) is 0 Å². The van der Waals surface area contributed by atoms with Crippen LogP contribution in [-0.2, 0) is 0 Å². The Morgan fingerprint density at radius 2 is 1.63 bits per heavy atom. The first kappa shape index (κ1) is 14.8. The summed E-state index contributed by atoms with van der Waals surface area (Å²) in [6.45, 7) is 1.91. The van der Waals surface area contributed by atoms with E-state index in [1.807, 2.05) is 43.3 Å². The maximum atomic E-state index is 12.3. The minimum atomic E-state index is -0.127. The molecule has 2 nitrogen and oxygen atoms in total. The van der Waals surface area contributed by atoms with Crippen LogP contribution in [0.3, 0.4) is 0 Å². The largest absolute Gasteiger partial charge is 0.321 e. The van der Waals surface area contributed by atoms with Crippen molar-refractivity contribution in [2.24, 2.45) is 0 Å². The second-order valence-electron chi connectivity index (χ2n) is 4.04. The minimum Gasteiger partial charge on any atom is -0.321 e. The van der Waals surface area contributed by atoms with E-state index in [-0.39, 0.29) is 5.91 Å². The molecule has 2 aromatic rings. The third-order valence-corrected chi connectivity index (χ3v) is 4.30. The van der Waals surface area contributed by atoms with Crippen LogP contribution in [0.1, 0.15) is 15.9 Å². The topological polar surface area (TPSA) is 29.1 Å². The molecule has 98 valence electrons. The molecule has 0 aromatic heterocycles. The molecule has 1 N–H and O–H groups in total. The number of carbonyl (C=O) groups is 1. The first-order chi connectivity index (χ1) is 8.97. The Bertz CT molecular complexity index is 641. The molecule has 0 saturated carbocycles. The molecule has 0 atom stereocenters. The summed E-state index contributed by atoms with van der Waals surface area (Å²) in [5.41, 5.74) is 2.33. The van der Waals surface area contributed by atoms with Crippen LogP contribution < -0.4 is 5.32 Å². The van der Waals surface area contributed by atoms with Gasteiger partial charge in [-0.15, -0.1) is 0 Å². The second-order valence-corrected chi connectivity index (χ2v) is 6.72. The van der Waals surface area contributed by atoms with Gasteiger partial charge in [0.15, 0.2) is 0 Å². The van der Waals surface area contributed by atoms with Gasteiger partial charge < -0.3 is 5.32 Å². The van der Waals surface area contributed by atoms with Crippen LogP contribution in [0.2, 0.25) is 0 Å². The molecule has 0 bridgehead atoms. The van der Waals surface area contributed by atoms with E-state index in [0.29, 0.717) is 5.56 Å². The van der Waals surface area contributed by atoms with E-state index in [2.05, 4.69) is 53.1 Å². The number of aryl methyl sites for hydroxylation is 1. The third-order valence-electron chi connectivity index (χ3n) is 2.62. The Morgan fingerprint density at radius 3 is 2.37 bits per heavy atom. The van der Waals surface area contributed by atoms with Crippen molar-refractivity contribution >= 4 is 59.4 Å². The Hall–Kier alpha value is -0.650. The summed E-state index contributed by atoms with van der Waals surface area (Å²) in [6, 6.07) is 11.3. The van der Waals surface area contributed by atoms with Gasteiger partial charge >= 0.3 is 0 Å². The highest BCUT2D eigenvalue weighted by atomic mass is 79.9. The summed E-state index contributed by atoms with van der Waals surface area (Å²) in [5, 5.41) is 2.90. The monoisotopic (exact) mass is 445 g/mol. The maximum Gasteiger partial charge on any atom is 0.256 e. The molecule has 0 aliphatic rings. The van der Waals surface area contributed by atoms with E-state index in [0.717, 1.165) is 24.7 Å². The Balaban J connectivity index is 2.30. The van der Waals surface area contributed by atoms with E-state index in [4.69, 9.17) is 0 Å². The van der Waals surface area contributed by atoms with Gasteiger partial charge in [0.25, 0.3) is 5.91 Å². The highest BCUT2D eigenvalue weighted by Gasteiger charge is 2.11. The van der Waals surface area contributed by atoms with Crippen molar-refractivity contribution in [3.05, 3.63) is 60.9 Å². The number of carbonyl (C=O) groups excluding carboxylic acids is 1. The van der Waals surface area contributed by atoms with Crippen molar-refractivity contribution in [2.45, 2.75) is 6.92 Å². The van der Waals surface area contributed by atoms with E-state index < -0.39 is 0 Å². The predicted molar refractivity (Wildman–Crippen MR) is 88.7 cm³/mol. The Labute approximate surface area is 137 Å². The van der Waals surface area contributed by atoms with Crippen LogP contribution in [0.25, 0.3) is 0 Å². The maximum absolute atomic E-state index is 12.3. The van der Waals surface area contributed by atoms with Crippen molar-refractivity contribution in [3.63, 3.8) is 0 Å². The number of nitrogens with one attached hydrogen (secondary N) is 1. The lowest BCUT2D eigenvalue weighted by Gasteiger charge is -2.10. The molecular weight excluding hydrogens is 438 g/mol. The van der Waals surface area contributed by atoms with Gasteiger partial charge in [-0.05, 0) is 58.7 Å².